The third kappa shape index (κ3) is 8.83. The lowest BCUT2D eigenvalue weighted by Gasteiger charge is -2.44. The number of hydrogen-bond acceptors (Lipinski definition) is 12. The van der Waals surface area contributed by atoms with E-state index in [-0.39, 0.29) is 17.7 Å². The molecule has 208 valence electrons. The molecule has 1 aromatic rings. The number of para-hydroxylation sites is 1. The van der Waals surface area contributed by atoms with Crippen LogP contribution in [0.1, 0.15) is 57.8 Å². The molecule has 1 aromatic carbocycles. The number of nitrogens with one attached hydrogen (secondary N) is 1. The molecule has 1 amide bonds. The van der Waals surface area contributed by atoms with Gasteiger partial charge in [0.1, 0.15) is 30.1 Å². The van der Waals surface area contributed by atoms with Gasteiger partial charge in [-0.25, -0.2) is 4.79 Å². The normalized spacial score (nSPS) is 22.4. The molecule has 1 unspecified atom stereocenters. The Hall–Kier alpha value is -4.00. The molecule has 0 aliphatic carbocycles. The van der Waals surface area contributed by atoms with Crippen LogP contribution in [0.4, 0.5) is 0 Å². The van der Waals surface area contributed by atoms with E-state index in [4.69, 9.17) is 28.4 Å². The van der Waals surface area contributed by atoms with Gasteiger partial charge in [-0.15, -0.1) is 0 Å². The molecule has 1 N–H and O–H groups in total. The second-order valence-electron chi connectivity index (χ2n) is 8.33. The number of carbonyl (C=O) groups is 6. The van der Waals surface area contributed by atoms with E-state index in [1.54, 1.807) is 13.0 Å². The van der Waals surface area contributed by atoms with Crippen LogP contribution in [0.15, 0.2) is 24.3 Å². The summed E-state index contributed by atoms with van der Waals surface area (Å²) in [7, 11) is 0. The van der Waals surface area contributed by atoms with Crippen LogP contribution in [0.25, 0.3) is 0 Å². The van der Waals surface area contributed by atoms with Crippen molar-refractivity contribution in [1.82, 2.24) is 5.32 Å². The molecule has 0 spiro atoms. The minimum Gasteiger partial charge on any atom is -0.459 e. The van der Waals surface area contributed by atoms with Gasteiger partial charge in [0.05, 0.1) is 0 Å². The average molecular weight is 538 g/mol. The fraction of sp³-hybridized carbons (Fsp3) is 0.520. The molecule has 2 rings (SSSR count). The van der Waals surface area contributed by atoms with E-state index < -0.39 is 73.0 Å². The van der Waals surface area contributed by atoms with Crippen LogP contribution in [0.5, 0.6) is 5.75 Å². The molecule has 13 nitrogen and oxygen atoms in total. The Kier molecular flexibility index (Phi) is 11.2. The molecule has 1 aliphatic rings. The Morgan fingerprint density at radius 3 is 2.03 bits per heavy atom. The van der Waals surface area contributed by atoms with E-state index in [2.05, 4.69) is 5.32 Å². The lowest BCUT2D eigenvalue weighted by molar-refractivity contribution is -0.269. The second-order valence-corrected chi connectivity index (χ2v) is 8.33. The van der Waals surface area contributed by atoms with Crippen molar-refractivity contribution >= 4 is 35.8 Å². The summed E-state index contributed by atoms with van der Waals surface area (Å²) in [4.78, 5) is 72.3. The molecule has 38 heavy (non-hydrogen) atoms. The predicted octanol–water partition coefficient (Wildman–Crippen LogP) is 1.20. The molecule has 0 saturated carbocycles. The van der Waals surface area contributed by atoms with E-state index in [1.807, 2.05) is 0 Å². The van der Waals surface area contributed by atoms with E-state index >= 15 is 0 Å². The minimum atomic E-state index is -1.48. The predicted molar refractivity (Wildman–Crippen MR) is 126 cm³/mol. The highest BCUT2D eigenvalue weighted by atomic mass is 16.7. The topological polar surface area (TPSA) is 170 Å². The molecule has 1 saturated heterocycles. The summed E-state index contributed by atoms with van der Waals surface area (Å²) in [5.74, 6) is -4.39. The van der Waals surface area contributed by atoms with Crippen LogP contribution in [-0.4, -0.2) is 73.0 Å². The summed E-state index contributed by atoms with van der Waals surface area (Å²) in [5, 5.41) is 2.60. The Balaban J connectivity index is 2.39. The summed E-state index contributed by atoms with van der Waals surface area (Å²) in [6, 6.07) is 4.60. The third-order valence-corrected chi connectivity index (χ3v) is 5.08. The van der Waals surface area contributed by atoms with Gasteiger partial charge in [-0.1, -0.05) is 19.1 Å². The molecule has 1 fully saturated rings. The number of ether oxygens (including phenoxy) is 6. The maximum atomic E-state index is 12.8. The van der Waals surface area contributed by atoms with E-state index in [0.717, 1.165) is 20.8 Å². The zero-order valence-electron chi connectivity index (χ0n) is 21.7. The fourth-order valence-electron chi connectivity index (χ4n) is 3.72. The number of rotatable bonds is 10. The van der Waals surface area contributed by atoms with Gasteiger partial charge >= 0.3 is 29.8 Å². The second kappa shape index (κ2) is 14.1. The van der Waals surface area contributed by atoms with Gasteiger partial charge in [-0.2, -0.15) is 0 Å². The van der Waals surface area contributed by atoms with Gasteiger partial charge in [0.25, 0.3) is 0 Å². The van der Waals surface area contributed by atoms with Crippen LogP contribution < -0.4 is 10.1 Å². The van der Waals surface area contributed by atoms with E-state index in [0.29, 0.717) is 6.42 Å². The summed E-state index contributed by atoms with van der Waals surface area (Å²) >= 11 is 0. The summed E-state index contributed by atoms with van der Waals surface area (Å²) < 4.78 is 32.2. The van der Waals surface area contributed by atoms with Crippen LogP contribution in [0.2, 0.25) is 0 Å². The van der Waals surface area contributed by atoms with Crippen molar-refractivity contribution in [2.75, 3.05) is 6.61 Å². The molecule has 0 radical (unpaired) electrons. The molecule has 13 heteroatoms. The van der Waals surface area contributed by atoms with E-state index in [9.17, 15) is 28.8 Å². The van der Waals surface area contributed by atoms with Crippen molar-refractivity contribution in [2.24, 2.45) is 0 Å². The number of esters is 5. The van der Waals surface area contributed by atoms with Crippen LogP contribution >= 0.6 is 0 Å². The average Bonchev–Trinajstić information content (AvgIpc) is 2.80. The van der Waals surface area contributed by atoms with Crippen molar-refractivity contribution in [2.45, 2.75) is 78.1 Å². The van der Waals surface area contributed by atoms with Crippen molar-refractivity contribution < 1.29 is 57.2 Å². The van der Waals surface area contributed by atoms with Gasteiger partial charge in [0.15, 0.2) is 12.2 Å². The summed E-state index contributed by atoms with van der Waals surface area (Å²) in [6.45, 7) is 5.70. The molecular formula is C25H31NO12. The molecule has 1 aliphatic heterocycles. The first-order valence-corrected chi connectivity index (χ1v) is 11.8. The molecule has 1 heterocycles. The first-order valence-electron chi connectivity index (χ1n) is 11.8. The highest BCUT2D eigenvalue weighted by Gasteiger charge is 2.52. The first kappa shape index (κ1) is 30.2. The zero-order chi connectivity index (χ0) is 28.4. The monoisotopic (exact) mass is 537 g/mol. The number of hydrogen-bond donors (Lipinski definition) is 1. The fourth-order valence-corrected chi connectivity index (χ4v) is 3.72. The SMILES string of the molecule is CCCC(=O)N[C@H]1C(OC(C)=O)O[C@H](COC(=O)c2ccccc2OC(C)=O)[C@@H](OC(C)=O)[C@@H]1OC(C)=O. The quantitative estimate of drug-likeness (QED) is 0.257. The molecular weight excluding hydrogens is 506 g/mol. The van der Waals surface area contributed by atoms with Gasteiger partial charge in [0, 0.05) is 34.1 Å². The van der Waals surface area contributed by atoms with E-state index in [1.165, 1.54) is 25.1 Å². The Labute approximate surface area is 219 Å². The van der Waals surface area contributed by atoms with Crippen molar-refractivity contribution in [3.63, 3.8) is 0 Å². The van der Waals surface area contributed by atoms with Crippen LogP contribution in [0, 0.1) is 0 Å². The highest BCUT2D eigenvalue weighted by molar-refractivity contribution is 5.93. The minimum absolute atomic E-state index is 0.0413. The zero-order valence-corrected chi connectivity index (χ0v) is 21.7. The van der Waals surface area contributed by atoms with Crippen molar-refractivity contribution in [3.05, 3.63) is 29.8 Å². The number of amides is 1. The van der Waals surface area contributed by atoms with Crippen LogP contribution in [0.3, 0.4) is 0 Å². The molecule has 0 aromatic heterocycles. The highest BCUT2D eigenvalue weighted by Crippen LogP contribution is 2.29. The first-order chi connectivity index (χ1) is 17.9. The summed E-state index contributed by atoms with van der Waals surface area (Å²) in [5.41, 5.74) is -0.0691. The maximum Gasteiger partial charge on any atom is 0.342 e. The Bertz CT molecular complexity index is 1050. The third-order valence-electron chi connectivity index (χ3n) is 5.08. The Morgan fingerprint density at radius 1 is 0.842 bits per heavy atom. The lowest BCUT2D eigenvalue weighted by Crippen LogP contribution is -2.67. The lowest BCUT2D eigenvalue weighted by atomic mass is 9.95. The molecule has 5 atom stereocenters. The Morgan fingerprint density at radius 2 is 1.45 bits per heavy atom. The smallest absolute Gasteiger partial charge is 0.342 e. The van der Waals surface area contributed by atoms with Gasteiger partial charge in [-0.05, 0) is 18.6 Å². The van der Waals surface area contributed by atoms with Crippen molar-refractivity contribution in [3.8, 4) is 5.75 Å². The summed E-state index contributed by atoms with van der Waals surface area (Å²) in [6.07, 6.45) is -4.91. The number of benzene rings is 1. The standard InChI is InChI=1S/C25H31NO12/c1-6-9-20(31)26-21-23(36-15(4)29)22(35-14(3)28)19(38-25(21)37-16(5)30)12-33-24(32)17-10-7-8-11-18(17)34-13(2)27/h7-8,10-11,19,21-23,25H,6,9,12H2,1-5H3,(H,26,31)/t19-,21-,22-,23-,25?/m1/s1. The van der Waals surface area contributed by atoms with Gasteiger partial charge in [-0.3, -0.25) is 24.0 Å². The largest absolute Gasteiger partial charge is 0.459 e. The number of carbonyl (C=O) groups excluding carboxylic acids is 6. The van der Waals surface area contributed by atoms with Gasteiger partial charge < -0.3 is 33.7 Å². The van der Waals surface area contributed by atoms with Gasteiger partial charge in [0.2, 0.25) is 12.2 Å². The maximum absolute atomic E-state index is 12.8. The van der Waals surface area contributed by atoms with Crippen molar-refractivity contribution in [1.29, 1.82) is 0 Å². The van der Waals surface area contributed by atoms with Crippen LogP contribution in [-0.2, 0) is 47.7 Å². The molecule has 0 bridgehead atoms.